The average Bonchev–Trinajstić information content (AvgIpc) is 3.07. The fourth-order valence-electron chi connectivity index (χ4n) is 3.99. The lowest BCUT2D eigenvalue weighted by atomic mass is 10.1. The van der Waals surface area contributed by atoms with E-state index < -0.39 is 0 Å². The maximum atomic E-state index is 13.4. The minimum absolute atomic E-state index is 0.0679. The van der Waals surface area contributed by atoms with E-state index in [1.165, 1.54) is 24.6 Å². The van der Waals surface area contributed by atoms with E-state index >= 15 is 0 Å². The van der Waals surface area contributed by atoms with Crippen LogP contribution in [0.5, 0.6) is 0 Å². The van der Waals surface area contributed by atoms with Gasteiger partial charge in [0.2, 0.25) is 5.91 Å². The maximum Gasteiger partial charge on any atom is 0.262 e. The van der Waals surface area contributed by atoms with Crippen molar-refractivity contribution >= 4 is 28.6 Å². The van der Waals surface area contributed by atoms with Crippen LogP contribution in [0.3, 0.4) is 0 Å². The third-order valence-corrected chi connectivity index (χ3v) is 6.67. The Morgan fingerprint density at radius 3 is 2.40 bits per heavy atom. The van der Waals surface area contributed by atoms with Crippen molar-refractivity contribution in [3.63, 3.8) is 0 Å². The fraction of sp³-hybridized carbons (Fsp3) is 0.375. The van der Waals surface area contributed by atoms with Crippen molar-refractivity contribution in [1.29, 1.82) is 0 Å². The van der Waals surface area contributed by atoms with Gasteiger partial charge >= 0.3 is 0 Å². The smallest absolute Gasteiger partial charge is 0.262 e. The summed E-state index contributed by atoms with van der Waals surface area (Å²) in [5, 5.41) is 1.20. The van der Waals surface area contributed by atoms with Crippen LogP contribution in [0.25, 0.3) is 10.9 Å². The molecule has 1 aliphatic rings. The number of carbonyl (C=O) groups is 1. The lowest BCUT2D eigenvalue weighted by molar-refractivity contribution is -0.128. The SMILES string of the molecule is C[C@H](c1ccccc1)n1c(SCC(=O)N2CCCCCC2)nc2ccccc2c1=O. The molecule has 0 N–H and O–H groups in total. The van der Waals surface area contributed by atoms with Crippen LogP contribution in [0.1, 0.15) is 44.2 Å². The summed E-state index contributed by atoms with van der Waals surface area (Å²) >= 11 is 1.37. The van der Waals surface area contributed by atoms with Crippen LogP contribution < -0.4 is 5.56 Å². The molecule has 2 heterocycles. The number of hydrogen-bond acceptors (Lipinski definition) is 4. The molecule has 1 atom stereocenters. The highest BCUT2D eigenvalue weighted by Crippen LogP contribution is 2.25. The predicted octanol–water partition coefficient (Wildman–Crippen LogP) is 4.50. The van der Waals surface area contributed by atoms with E-state index in [0.717, 1.165) is 31.5 Å². The molecule has 0 spiro atoms. The fourth-order valence-corrected chi connectivity index (χ4v) is 4.97. The minimum atomic E-state index is -0.174. The van der Waals surface area contributed by atoms with Crippen molar-refractivity contribution in [1.82, 2.24) is 14.5 Å². The third-order valence-electron chi connectivity index (χ3n) is 5.73. The van der Waals surface area contributed by atoms with Gasteiger partial charge in [-0.05, 0) is 37.5 Å². The van der Waals surface area contributed by atoms with Crippen LogP contribution in [-0.4, -0.2) is 39.2 Å². The van der Waals surface area contributed by atoms with Crippen LogP contribution in [0.15, 0.2) is 64.5 Å². The number of hydrogen-bond donors (Lipinski definition) is 0. The van der Waals surface area contributed by atoms with E-state index in [-0.39, 0.29) is 17.5 Å². The quantitative estimate of drug-likeness (QED) is 0.450. The molecule has 0 unspecified atom stereocenters. The number of rotatable bonds is 5. The zero-order chi connectivity index (χ0) is 20.9. The first kappa shape index (κ1) is 20.7. The average molecular weight is 422 g/mol. The molecule has 0 aliphatic carbocycles. The van der Waals surface area contributed by atoms with Crippen LogP contribution in [-0.2, 0) is 4.79 Å². The molecule has 30 heavy (non-hydrogen) atoms. The van der Waals surface area contributed by atoms with Gasteiger partial charge in [0.25, 0.3) is 5.56 Å². The van der Waals surface area contributed by atoms with Crippen molar-refractivity contribution in [2.45, 2.75) is 43.8 Å². The van der Waals surface area contributed by atoms with Gasteiger partial charge in [0.05, 0.1) is 22.7 Å². The molecule has 1 aromatic heterocycles. The molecule has 6 heteroatoms. The minimum Gasteiger partial charge on any atom is -0.342 e. The number of thioether (sulfide) groups is 1. The Kier molecular flexibility index (Phi) is 6.53. The van der Waals surface area contributed by atoms with Gasteiger partial charge in [0.15, 0.2) is 5.16 Å². The molecule has 3 aromatic rings. The van der Waals surface area contributed by atoms with Gasteiger partial charge in [-0.3, -0.25) is 14.2 Å². The second-order valence-electron chi connectivity index (χ2n) is 7.76. The highest BCUT2D eigenvalue weighted by atomic mass is 32.2. The number of nitrogens with zero attached hydrogens (tertiary/aromatic N) is 3. The number of aromatic nitrogens is 2. The van der Waals surface area contributed by atoms with Gasteiger partial charge in [-0.2, -0.15) is 0 Å². The highest BCUT2D eigenvalue weighted by molar-refractivity contribution is 7.99. The van der Waals surface area contributed by atoms with Gasteiger partial charge in [0.1, 0.15) is 0 Å². The number of para-hydroxylation sites is 1. The van der Waals surface area contributed by atoms with Crippen LogP contribution in [0, 0.1) is 0 Å². The Labute approximate surface area is 181 Å². The largest absolute Gasteiger partial charge is 0.342 e. The van der Waals surface area contributed by atoms with Gasteiger partial charge in [-0.15, -0.1) is 0 Å². The third kappa shape index (κ3) is 4.43. The topological polar surface area (TPSA) is 55.2 Å². The number of benzene rings is 2. The number of likely N-dealkylation sites (tertiary alicyclic amines) is 1. The van der Waals surface area contributed by atoms with E-state index in [9.17, 15) is 9.59 Å². The normalized spacial score (nSPS) is 15.7. The molecular formula is C24H27N3O2S. The molecule has 156 valence electrons. The summed E-state index contributed by atoms with van der Waals surface area (Å²) in [6.45, 7) is 3.67. The van der Waals surface area contributed by atoms with Crippen LogP contribution in [0.2, 0.25) is 0 Å². The van der Waals surface area contributed by atoms with Crippen molar-refractivity contribution in [2.75, 3.05) is 18.8 Å². The summed E-state index contributed by atoms with van der Waals surface area (Å²) in [4.78, 5) is 32.9. The summed E-state index contributed by atoms with van der Waals surface area (Å²) in [6.07, 6.45) is 4.52. The highest BCUT2D eigenvalue weighted by Gasteiger charge is 2.21. The molecule has 5 nitrogen and oxygen atoms in total. The molecule has 0 bridgehead atoms. The van der Waals surface area contributed by atoms with Crippen molar-refractivity contribution in [2.24, 2.45) is 0 Å². The van der Waals surface area contributed by atoms with Crippen molar-refractivity contribution in [3.8, 4) is 0 Å². The molecule has 0 saturated carbocycles. The molecule has 1 saturated heterocycles. The van der Waals surface area contributed by atoms with Crippen molar-refractivity contribution < 1.29 is 4.79 Å². The Hall–Kier alpha value is -2.60. The monoisotopic (exact) mass is 421 g/mol. The van der Waals surface area contributed by atoms with Gasteiger partial charge in [-0.1, -0.05) is 67.1 Å². The molecule has 1 amide bonds. The summed E-state index contributed by atoms with van der Waals surface area (Å²) in [7, 11) is 0. The van der Waals surface area contributed by atoms with E-state index in [1.807, 2.05) is 66.4 Å². The first-order valence-electron chi connectivity index (χ1n) is 10.6. The Bertz CT molecular complexity index is 1070. The molecule has 2 aromatic carbocycles. The summed E-state index contributed by atoms with van der Waals surface area (Å²) < 4.78 is 1.73. The molecular weight excluding hydrogens is 394 g/mol. The second-order valence-corrected chi connectivity index (χ2v) is 8.70. The Balaban J connectivity index is 1.67. The number of amides is 1. The van der Waals surface area contributed by atoms with Gasteiger partial charge in [-0.25, -0.2) is 4.98 Å². The maximum absolute atomic E-state index is 13.4. The lowest BCUT2D eigenvalue weighted by Gasteiger charge is -2.22. The lowest BCUT2D eigenvalue weighted by Crippen LogP contribution is -2.33. The number of fused-ring (bicyclic) bond motifs is 1. The van der Waals surface area contributed by atoms with Crippen molar-refractivity contribution in [3.05, 3.63) is 70.5 Å². The summed E-state index contributed by atoms with van der Waals surface area (Å²) in [5.74, 6) is 0.426. The Morgan fingerprint density at radius 1 is 1.00 bits per heavy atom. The second kappa shape index (κ2) is 9.47. The summed E-state index contributed by atoms with van der Waals surface area (Å²) in [5.41, 5.74) is 1.64. The van der Waals surface area contributed by atoms with Gasteiger partial charge in [0, 0.05) is 13.1 Å². The van der Waals surface area contributed by atoms with Crippen LogP contribution >= 0.6 is 11.8 Å². The zero-order valence-electron chi connectivity index (χ0n) is 17.3. The first-order chi connectivity index (χ1) is 14.6. The predicted molar refractivity (Wildman–Crippen MR) is 122 cm³/mol. The van der Waals surface area contributed by atoms with E-state index in [0.29, 0.717) is 21.8 Å². The summed E-state index contributed by atoms with van der Waals surface area (Å²) in [6, 6.07) is 17.2. The first-order valence-corrected chi connectivity index (χ1v) is 11.6. The van der Waals surface area contributed by atoms with Gasteiger partial charge < -0.3 is 4.90 Å². The molecule has 1 fully saturated rings. The zero-order valence-corrected chi connectivity index (χ0v) is 18.1. The van der Waals surface area contributed by atoms with E-state index in [1.54, 1.807) is 4.57 Å². The standard InChI is InChI=1S/C24H27N3O2S/c1-18(19-11-5-4-6-12-19)27-23(29)20-13-7-8-14-21(20)25-24(27)30-17-22(28)26-15-9-2-3-10-16-26/h4-8,11-14,18H,2-3,9-10,15-17H2,1H3/t18-/m1/s1. The van der Waals surface area contributed by atoms with E-state index in [2.05, 4.69) is 0 Å². The molecule has 4 rings (SSSR count). The van der Waals surface area contributed by atoms with Crippen LogP contribution in [0.4, 0.5) is 0 Å². The number of carbonyl (C=O) groups excluding carboxylic acids is 1. The Morgan fingerprint density at radius 2 is 1.67 bits per heavy atom. The molecule has 1 aliphatic heterocycles. The molecule has 0 radical (unpaired) electrons. The van der Waals surface area contributed by atoms with E-state index in [4.69, 9.17) is 4.98 Å².